The molecule has 86 heavy (non-hydrogen) atoms. The van der Waals surface area contributed by atoms with Gasteiger partial charge in [0.15, 0.2) is 0 Å². The van der Waals surface area contributed by atoms with Gasteiger partial charge in [-0.05, 0) is 108 Å². The van der Waals surface area contributed by atoms with Gasteiger partial charge in [0, 0.05) is 19.4 Å². The van der Waals surface area contributed by atoms with E-state index in [0.717, 1.165) is 19.3 Å². The lowest BCUT2D eigenvalue weighted by Crippen LogP contribution is -2.62. The second-order valence-electron chi connectivity index (χ2n) is 22.0. The van der Waals surface area contributed by atoms with Crippen LogP contribution in [0, 0.1) is 11.8 Å². The normalized spacial score (nSPS) is 22.3. The fourth-order valence-corrected chi connectivity index (χ4v) is 9.13. The number of benzene rings is 1. The van der Waals surface area contributed by atoms with Gasteiger partial charge in [-0.25, -0.2) is 0 Å². The molecule has 0 saturated carbocycles. The molecule has 1 aliphatic heterocycles. The van der Waals surface area contributed by atoms with E-state index in [1.54, 1.807) is 44.2 Å². The third kappa shape index (κ3) is 27.3. The average Bonchev–Trinajstić information content (AvgIpc) is 3.67. The quantitative estimate of drug-likeness (QED) is 0.0320. The average molecular weight is 1220 g/mol. The lowest BCUT2D eigenvalue weighted by Gasteiger charge is -2.29. The second-order valence-corrected chi connectivity index (χ2v) is 22.0. The van der Waals surface area contributed by atoms with Crippen LogP contribution in [0.3, 0.4) is 0 Å². The van der Waals surface area contributed by atoms with Crippen molar-refractivity contribution in [2.24, 2.45) is 40.5 Å². The largest absolute Gasteiger partial charge is 0.481 e. The van der Waals surface area contributed by atoms with Crippen molar-refractivity contribution in [2.45, 2.75) is 191 Å². The molecule has 0 unspecified atom stereocenters. The number of unbranched alkanes of at least 4 members (excludes halogenated alkanes) is 1. The summed E-state index contributed by atoms with van der Waals surface area (Å²) in [5, 5.41) is 48.3. The molecule has 0 radical (unpaired) electrons. The fourth-order valence-electron chi connectivity index (χ4n) is 9.13. The number of aliphatic hydroxyl groups is 1. The van der Waals surface area contributed by atoms with E-state index in [1.165, 1.54) is 6.92 Å². The van der Waals surface area contributed by atoms with Gasteiger partial charge in [0.05, 0.1) is 12.5 Å². The summed E-state index contributed by atoms with van der Waals surface area (Å²) in [5.41, 5.74) is 29.8. The van der Waals surface area contributed by atoms with E-state index in [2.05, 4.69) is 72.3 Å². The number of hydrogen-bond donors (Lipinski definition) is 18. The molecule has 1 aliphatic rings. The van der Waals surface area contributed by atoms with Crippen LogP contribution >= 0.6 is 0 Å². The second kappa shape index (κ2) is 40.1. The van der Waals surface area contributed by atoms with Crippen molar-refractivity contribution in [2.75, 3.05) is 39.3 Å². The summed E-state index contributed by atoms with van der Waals surface area (Å²) >= 11 is 0. The minimum absolute atomic E-state index is 0.0216. The SMILES string of the molecule is CC[C@H](C)CCCCC(=O)N[C@@H](CCN)C(=O)N[C@H](C(=O)N[C@@H](CCN)C(=O)N[C@H]1CCNC(=O)[C@H](CC(=O)O)NC(=O)[C@H](CCN)NC(=O)[C@H](CCN)NC(=O)[C@H](CC(C)C)NC(=O)[C@@H](Cc2ccccc2)NC(=O)[C@H](CCN)NC1=O)[C@@H](C)O. The van der Waals surface area contributed by atoms with Gasteiger partial charge in [-0.1, -0.05) is 77.3 Å². The number of carboxylic acids is 1. The Kier molecular flexibility index (Phi) is 34.8. The molecule has 30 heteroatoms. The number of nitrogens with one attached hydrogen (secondary N) is 11. The van der Waals surface area contributed by atoms with E-state index in [9.17, 15) is 67.7 Å². The number of carboxylic acid groups (broad SMARTS) is 1. The zero-order chi connectivity index (χ0) is 64.5. The molecule has 1 aromatic rings. The molecule has 2 rings (SSSR count). The van der Waals surface area contributed by atoms with Crippen LogP contribution in [0.4, 0.5) is 0 Å². The molecule has 484 valence electrons. The Morgan fingerprint density at radius 2 is 1.06 bits per heavy atom. The van der Waals surface area contributed by atoms with E-state index >= 15 is 0 Å². The summed E-state index contributed by atoms with van der Waals surface area (Å²) in [5.74, 6) is -11.5. The number of amides is 11. The monoisotopic (exact) mass is 1220 g/mol. The molecule has 1 saturated heterocycles. The summed E-state index contributed by atoms with van der Waals surface area (Å²) in [6.45, 7) is 7.53. The molecule has 23 N–H and O–H groups in total. The Hall–Kier alpha value is -7.38. The predicted octanol–water partition coefficient (Wildman–Crippen LogP) is -5.15. The molecule has 1 heterocycles. The Bertz CT molecular complexity index is 2390. The number of carbonyl (C=O) groups excluding carboxylic acids is 11. The fraction of sp³-hybridized carbons (Fsp3) is 0.679. The zero-order valence-electron chi connectivity index (χ0n) is 50.2. The van der Waals surface area contributed by atoms with Gasteiger partial charge in [0.25, 0.3) is 0 Å². The maximum atomic E-state index is 14.5. The van der Waals surface area contributed by atoms with Crippen molar-refractivity contribution in [3.63, 3.8) is 0 Å². The van der Waals surface area contributed by atoms with E-state index in [4.69, 9.17) is 28.7 Å². The van der Waals surface area contributed by atoms with Crippen LogP contribution in [-0.4, -0.2) is 187 Å². The smallest absolute Gasteiger partial charge is 0.305 e. The summed E-state index contributed by atoms with van der Waals surface area (Å²) in [6.07, 6.45) is -0.812. The van der Waals surface area contributed by atoms with Gasteiger partial charge in [-0.2, -0.15) is 0 Å². The first-order valence-electron chi connectivity index (χ1n) is 29.6. The summed E-state index contributed by atoms with van der Waals surface area (Å²) in [4.78, 5) is 166. The molecule has 0 aromatic heterocycles. The molecule has 11 amide bonds. The van der Waals surface area contributed by atoms with Crippen molar-refractivity contribution >= 4 is 70.9 Å². The van der Waals surface area contributed by atoms with E-state index < -0.39 is 157 Å². The maximum absolute atomic E-state index is 14.5. The first-order valence-corrected chi connectivity index (χ1v) is 29.6. The Labute approximate surface area is 502 Å². The van der Waals surface area contributed by atoms with Gasteiger partial charge in [-0.3, -0.25) is 57.5 Å². The number of aliphatic hydroxyl groups excluding tert-OH is 1. The van der Waals surface area contributed by atoms with Gasteiger partial charge in [0.1, 0.15) is 60.4 Å². The van der Waals surface area contributed by atoms with Gasteiger partial charge in [-0.15, -0.1) is 0 Å². The number of aliphatic carboxylic acids is 1. The van der Waals surface area contributed by atoms with Gasteiger partial charge < -0.3 is 97.4 Å². The lowest BCUT2D eigenvalue weighted by molar-refractivity contribution is -0.141. The Balaban J connectivity index is 2.70. The Morgan fingerprint density at radius 3 is 1.56 bits per heavy atom. The van der Waals surface area contributed by atoms with E-state index in [0.29, 0.717) is 17.9 Å². The highest BCUT2D eigenvalue weighted by atomic mass is 16.4. The number of hydrogen-bond acceptors (Lipinski definition) is 18. The third-order valence-electron chi connectivity index (χ3n) is 14.2. The highest BCUT2D eigenvalue weighted by molar-refractivity contribution is 5.99. The van der Waals surface area contributed by atoms with Crippen LogP contribution < -0.4 is 87.2 Å². The number of nitrogens with two attached hydrogens (primary N) is 5. The van der Waals surface area contributed by atoms with Crippen LogP contribution in [0.1, 0.15) is 124 Å². The van der Waals surface area contributed by atoms with Crippen LogP contribution in [0.25, 0.3) is 0 Å². The molecular weight excluding hydrogens is 1120 g/mol. The molecule has 12 atom stereocenters. The van der Waals surface area contributed by atoms with E-state index in [1.807, 2.05) is 0 Å². The molecule has 0 aliphatic carbocycles. The first-order chi connectivity index (χ1) is 40.8. The summed E-state index contributed by atoms with van der Waals surface area (Å²) in [6, 6.07) is -6.75. The van der Waals surface area contributed by atoms with Crippen LogP contribution in [-0.2, 0) is 64.0 Å². The van der Waals surface area contributed by atoms with Crippen LogP contribution in [0.15, 0.2) is 30.3 Å². The molecular formula is C56H96N16O14. The number of rotatable bonds is 30. The van der Waals surface area contributed by atoms with Crippen molar-refractivity contribution in [3.05, 3.63) is 35.9 Å². The summed E-state index contributed by atoms with van der Waals surface area (Å²) in [7, 11) is 0. The molecule has 1 fully saturated rings. The molecule has 1 aromatic carbocycles. The van der Waals surface area contributed by atoms with E-state index in [-0.39, 0.29) is 90.0 Å². The molecule has 0 spiro atoms. The van der Waals surface area contributed by atoms with Crippen LogP contribution in [0.5, 0.6) is 0 Å². The van der Waals surface area contributed by atoms with Crippen molar-refractivity contribution in [1.29, 1.82) is 0 Å². The maximum Gasteiger partial charge on any atom is 0.305 e. The molecule has 0 bridgehead atoms. The Morgan fingerprint density at radius 1 is 0.570 bits per heavy atom. The van der Waals surface area contributed by atoms with Crippen molar-refractivity contribution in [1.82, 2.24) is 58.5 Å². The highest BCUT2D eigenvalue weighted by Crippen LogP contribution is 2.14. The lowest BCUT2D eigenvalue weighted by atomic mass is 10.00. The zero-order valence-corrected chi connectivity index (χ0v) is 50.2. The summed E-state index contributed by atoms with van der Waals surface area (Å²) < 4.78 is 0. The van der Waals surface area contributed by atoms with Crippen LogP contribution in [0.2, 0.25) is 0 Å². The van der Waals surface area contributed by atoms with Gasteiger partial charge in [0.2, 0.25) is 65.0 Å². The minimum Gasteiger partial charge on any atom is -0.481 e. The predicted molar refractivity (Wildman–Crippen MR) is 317 cm³/mol. The minimum atomic E-state index is -1.82. The van der Waals surface area contributed by atoms with Crippen molar-refractivity contribution < 1.29 is 67.7 Å². The topological polar surface area (TPSA) is 508 Å². The first kappa shape index (κ1) is 74.7. The molecule has 30 nitrogen and oxygen atoms in total. The third-order valence-corrected chi connectivity index (χ3v) is 14.2. The standard InChI is InChI=1S/C56H96N16O14/c1-6-32(4)12-10-11-15-44(74)63-35(16-22-57)53(83)72-46(33(5)73)56(86)68-39(20-26-61)49(79)67-40-21-27-62-47(77)43(30-45(75)76)71-51(81)38(19-25-60)64-48(78)36(17-23-58)66-54(84)41(28-31(2)3)69-55(85)42(29-34-13-8-7-9-14-34)70-50(80)37(18-24-59)65-52(40)82/h7-9,13-14,31-33,35-43,46,73H,6,10-12,15-30,57-61H2,1-5H3,(H,62,77)(H,63,74)(H,64,78)(H,65,82)(H,66,84)(H,67,79)(H,68,86)(H,69,85)(H,70,80)(H,71,81)(H,72,83)(H,75,76)/t32-,33+,35-,36-,37-,38-,39-,40-,41-,42+,43-,46-/m0/s1. The van der Waals surface area contributed by atoms with Crippen molar-refractivity contribution in [3.8, 4) is 0 Å². The highest BCUT2D eigenvalue weighted by Gasteiger charge is 2.37. The number of carbonyl (C=O) groups is 12. The van der Waals surface area contributed by atoms with Gasteiger partial charge >= 0.3 is 5.97 Å².